The number of nitrogens with zero attached hydrogens (tertiary/aromatic N) is 1. The number of esters is 1. The standard InChI is InChI=1S/C26H43NO8/c1-17(2)20(13-19-9-10-24(33-6)25(14-19)35-12-8-11-32-5)15-22(27(30)31)23(28)16-21(18(3)4)26(29)34-7/h9-10,14,17-18,20-23,28H,8,11-13,15-16H2,1-7H3/t20-,21-,22?,23?/m0/s1. The van der Waals surface area contributed by atoms with Crippen LogP contribution in [-0.4, -0.2) is 62.7 Å². The minimum atomic E-state index is -1.26. The average molecular weight is 498 g/mol. The number of benzene rings is 1. The zero-order valence-electron chi connectivity index (χ0n) is 22.2. The molecule has 4 atom stereocenters. The molecular weight excluding hydrogens is 454 g/mol. The van der Waals surface area contributed by atoms with Crippen LogP contribution in [0.25, 0.3) is 0 Å². The SMILES string of the molecule is COCCCOc1cc(C[C@@H](CC(C(O)C[C@H](C(=O)OC)C(C)C)[N+](=O)[O-])C(C)C)ccc1OC. The molecule has 0 heterocycles. The summed E-state index contributed by atoms with van der Waals surface area (Å²) in [4.78, 5) is 23.6. The molecule has 1 aromatic carbocycles. The van der Waals surface area contributed by atoms with Gasteiger partial charge < -0.3 is 24.1 Å². The van der Waals surface area contributed by atoms with E-state index < -0.39 is 29.0 Å². The molecule has 0 fully saturated rings. The van der Waals surface area contributed by atoms with Gasteiger partial charge in [0.15, 0.2) is 11.5 Å². The van der Waals surface area contributed by atoms with Gasteiger partial charge in [-0.05, 0) is 48.3 Å². The molecule has 0 aromatic heterocycles. The fourth-order valence-electron chi connectivity index (χ4n) is 4.14. The summed E-state index contributed by atoms with van der Waals surface area (Å²) in [7, 11) is 4.50. The molecule has 1 aromatic rings. The predicted molar refractivity (Wildman–Crippen MR) is 133 cm³/mol. The summed E-state index contributed by atoms with van der Waals surface area (Å²) in [6, 6.07) is 4.49. The van der Waals surface area contributed by atoms with Crippen LogP contribution in [0, 0.1) is 33.8 Å². The maximum atomic E-state index is 12.1. The number of aliphatic hydroxyl groups excluding tert-OH is 1. The van der Waals surface area contributed by atoms with Gasteiger partial charge in [-0.3, -0.25) is 14.9 Å². The van der Waals surface area contributed by atoms with E-state index in [2.05, 4.69) is 0 Å². The van der Waals surface area contributed by atoms with Crippen molar-refractivity contribution in [2.45, 2.75) is 65.5 Å². The van der Waals surface area contributed by atoms with Crippen LogP contribution in [0.3, 0.4) is 0 Å². The van der Waals surface area contributed by atoms with Gasteiger partial charge in [-0.25, -0.2) is 0 Å². The Morgan fingerprint density at radius 3 is 2.23 bits per heavy atom. The Balaban J connectivity index is 3.03. The number of carbonyl (C=O) groups is 1. The monoisotopic (exact) mass is 497 g/mol. The first-order valence-corrected chi connectivity index (χ1v) is 12.2. The Hall–Kier alpha value is -2.39. The van der Waals surface area contributed by atoms with Gasteiger partial charge >= 0.3 is 5.97 Å². The molecule has 0 bridgehead atoms. The Morgan fingerprint density at radius 2 is 1.71 bits per heavy atom. The lowest BCUT2D eigenvalue weighted by Gasteiger charge is -2.27. The van der Waals surface area contributed by atoms with Gasteiger partial charge in [0.05, 0.1) is 26.7 Å². The number of rotatable bonds is 17. The van der Waals surface area contributed by atoms with Crippen molar-refractivity contribution in [1.29, 1.82) is 0 Å². The van der Waals surface area contributed by atoms with E-state index in [-0.39, 0.29) is 30.6 Å². The minimum absolute atomic E-state index is 0.0111. The summed E-state index contributed by atoms with van der Waals surface area (Å²) >= 11 is 0. The molecule has 1 rings (SSSR count). The summed E-state index contributed by atoms with van der Waals surface area (Å²) in [5, 5.41) is 22.7. The van der Waals surface area contributed by atoms with Crippen molar-refractivity contribution < 1.29 is 33.8 Å². The predicted octanol–water partition coefficient (Wildman–Crippen LogP) is 4.16. The average Bonchev–Trinajstić information content (AvgIpc) is 2.81. The normalized spacial score (nSPS) is 14.9. The second-order valence-corrected chi connectivity index (χ2v) is 9.65. The van der Waals surface area contributed by atoms with E-state index in [4.69, 9.17) is 18.9 Å². The van der Waals surface area contributed by atoms with Crippen LogP contribution >= 0.6 is 0 Å². The van der Waals surface area contributed by atoms with E-state index in [0.29, 0.717) is 31.1 Å². The first-order chi connectivity index (χ1) is 16.5. The summed E-state index contributed by atoms with van der Waals surface area (Å²) < 4.78 is 21.2. The van der Waals surface area contributed by atoms with E-state index in [9.17, 15) is 20.0 Å². The summed E-state index contributed by atoms with van der Waals surface area (Å²) in [5.74, 6) is 0.143. The maximum absolute atomic E-state index is 12.1. The minimum Gasteiger partial charge on any atom is -0.493 e. The maximum Gasteiger partial charge on any atom is 0.309 e. The molecule has 9 heteroatoms. The lowest BCUT2D eigenvalue weighted by molar-refractivity contribution is -0.537. The third-order valence-corrected chi connectivity index (χ3v) is 6.48. The second kappa shape index (κ2) is 15.6. The van der Waals surface area contributed by atoms with Crippen LogP contribution in [0.4, 0.5) is 0 Å². The molecule has 0 aliphatic heterocycles. The van der Waals surface area contributed by atoms with Crippen molar-refractivity contribution >= 4 is 5.97 Å². The van der Waals surface area contributed by atoms with Gasteiger partial charge in [-0.2, -0.15) is 0 Å². The van der Waals surface area contributed by atoms with Crippen molar-refractivity contribution in [3.05, 3.63) is 33.9 Å². The lowest BCUT2D eigenvalue weighted by atomic mass is 9.81. The smallest absolute Gasteiger partial charge is 0.309 e. The van der Waals surface area contributed by atoms with E-state index in [0.717, 1.165) is 12.0 Å². The van der Waals surface area contributed by atoms with Gasteiger partial charge in [0, 0.05) is 31.5 Å². The summed E-state index contributed by atoms with van der Waals surface area (Å²) in [6.07, 6.45) is 0.242. The van der Waals surface area contributed by atoms with E-state index in [1.807, 2.05) is 45.9 Å². The third kappa shape index (κ3) is 10.0. The van der Waals surface area contributed by atoms with E-state index in [1.165, 1.54) is 7.11 Å². The summed E-state index contributed by atoms with van der Waals surface area (Å²) in [5.41, 5.74) is 0.970. The van der Waals surface area contributed by atoms with Crippen LogP contribution in [0.2, 0.25) is 0 Å². The second-order valence-electron chi connectivity index (χ2n) is 9.65. The molecule has 0 aliphatic rings. The molecule has 0 amide bonds. The zero-order valence-corrected chi connectivity index (χ0v) is 22.2. The fraction of sp³-hybridized carbons (Fsp3) is 0.731. The number of hydrogen-bond acceptors (Lipinski definition) is 8. The molecule has 0 aliphatic carbocycles. The van der Waals surface area contributed by atoms with Crippen LogP contribution in [0.5, 0.6) is 11.5 Å². The number of hydrogen-bond donors (Lipinski definition) is 1. The molecule has 200 valence electrons. The molecule has 2 unspecified atom stereocenters. The zero-order chi connectivity index (χ0) is 26.5. The molecule has 0 radical (unpaired) electrons. The van der Waals surface area contributed by atoms with E-state index >= 15 is 0 Å². The molecule has 0 spiro atoms. The van der Waals surface area contributed by atoms with Gasteiger partial charge in [-0.1, -0.05) is 33.8 Å². The van der Waals surface area contributed by atoms with Gasteiger partial charge in [0.2, 0.25) is 6.04 Å². The Bertz CT molecular complexity index is 783. The first kappa shape index (κ1) is 30.6. The van der Waals surface area contributed by atoms with Gasteiger partial charge in [0.25, 0.3) is 0 Å². The first-order valence-electron chi connectivity index (χ1n) is 12.2. The van der Waals surface area contributed by atoms with Gasteiger partial charge in [-0.15, -0.1) is 0 Å². The molecule has 35 heavy (non-hydrogen) atoms. The van der Waals surface area contributed by atoms with Crippen molar-refractivity contribution in [2.24, 2.45) is 23.7 Å². The molecular formula is C26H43NO8. The number of carbonyl (C=O) groups excluding carboxylic acids is 1. The Kier molecular flexibility index (Phi) is 13.6. The Labute approximate surface area is 209 Å². The fourth-order valence-corrected chi connectivity index (χ4v) is 4.14. The molecule has 0 saturated carbocycles. The number of aliphatic hydroxyl groups is 1. The number of methoxy groups -OCH3 is 3. The van der Waals surface area contributed by atoms with Crippen LogP contribution in [0.15, 0.2) is 18.2 Å². The largest absolute Gasteiger partial charge is 0.493 e. The van der Waals surface area contributed by atoms with Crippen LogP contribution < -0.4 is 9.47 Å². The molecule has 9 nitrogen and oxygen atoms in total. The lowest BCUT2D eigenvalue weighted by Crippen LogP contribution is -2.40. The number of ether oxygens (including phenoxy) is 4. The topological polar surface area (TPSA) is 117 Å². The van der Waals surface area contributed by atoms with Crippen molar-refractivity contribution in [3.63, 3.8) is 0 Å². The van der Waals surface area contributed by atoms with E-state index in [1.54, 1.807) is 14.2 Å². The molecule has 1 N–H and O–H groups in total. The quantitative estimate of drug-likeness (QED) is 0.148. The van der Waals surface area contributed by atoms with Crippen molar-refractivity contribution in [1.82, 2.24) is 0 Å². The van der Waals surface area contributed by atoms with Crippen LogP contribution in [0.1, 0.15) is 52.5 Å². The van der Waals surface area contributed by atoms with Crippen LogP contribution in [-0.2, 0) is 20.7 Å². The highest BCUT2D eigenvalue weighted by molar-refractivity contribution is 5.72. The Morgan fingerprint density at radius 1 is 1.03 bits per heavy atom. The number of nitro groups is 1. The third-order valence-electron chi connectivity index (χ3n) is 6.48. The highest BCUT2D eigenvalue weighted by Crippen LogP contribution is 2.32. The highest BCUT2D eigenvalue weighted by Gasteiger charge is 2.37. The highest BCUT2D eigenvalue weighted by atomic mass is 16.6. The van der Waals surface area contributed by atoms with Gasteiger partial charge in [0.1, 0.15) is 6.10 Å². The van der Waals surface area contributed by atoms with Crippen molar-refractivity contribution in [2.75, 3.05) is 34.5 Å². The summed E-state index contributed by atoms with van der Waals surface area (Å²) in [6.45, 7) is 8.79. The molecule has 0 saturated heterocycles. The van der Waals surface area contributed by atoms with Crippen molar-refractivity contribution in [3.8, 4) is 11.5 Å².